The number of urea groups is 1. The van der Waals surface area contributed by atoms with Gasteiger partial charge in [-0.25, -0.2) is 4.79 Å². The van der Waals surface area contributed by atoms with E-state index in [2.05, 4.69) is 10.6 Å². The number of likely N-dealkylation sites (tertiary alicyclic amines) is 1. The van der Waals surface area contributed by atoms with E-state index in [0.717, 1.165) is 18.4 Å². The Hall–Kier alpha value is -2.04. The quantitative estimate of drug-likeness (QED) is 0.881. The molecule has 2 N–H and O–H groups in total. The molecule has 0 saturated carbocycles. The molecule has 1 aromatic carbocycles. The highest BCUT2D eigenvalue weighted by Gasteiger charge is 2.25. The number of rotatable bonds is 2. The second kappa shape index (κ2) is 6.81. The van der Waals surface area contributed by atoms with Crippen LogP contribution < -0.4 is 10.6 Å². The molecule has 5 nitrogen and oxygen atoms in total. The first-order chi connectivity index (χ1) is 10.3. The fourth-order valence-electron chi connectivity index (χ4n) is 2.55. The molecule has 1 fully saturated rings. The van der Waals surface area contributed by atoms with Gasteiger partial charge in [0, 0.05) is 30.2 Å². The number of hydrogen-bond donors (Lipinski definition) is 2. The van der Waals surface area contributed by atoms with Gasteiger partial charge >= 0.3 is 6.03 Å². The Balaban J connectivity index is 1.81. The SMILES string of the molecule is CC(C)(C)NC(=O)NC1CCN(C(=O)c2ccccc2)CC1. The van der Waals surface area contributed by atoms with Gasteiger partial charge in [0.25, 0.3) is 5.91 Å². The summed E-state index contributed by atoms with van der Waals surface area (Å²) in [4.78, 5) is 26.1. The van der Waals surface area contributed by atoms with E-state index in [1.54, 1.807) is 0 Å². The number of benzene rings is 1. The zero-order valence-electron chi connectivity index (χ0n) is 13.6. The Labute approximate surface area is 132 Å². The van der Waals surface area contributed by atoms with Crippen LogP contribution in [0, 0.1) is 0 Å². The molecule has 22 heavy (non-hydrogen) atoms. The van der Waals surface area contributed by atoms with E-state index in [4.69, 9.17) is 0 Å². The van der Waals surface area contributed by atoms with Gasteiger partial charge in [-0.1, -0.05) is 18.2 Å². The molecular formula is C17H25N3O2. The molecule has 5 heteroatoms. The summed E-state index contributed by atoms with van der Waals surface area (Å²) in [7, 11) is 0. The van der Waals surface area contributed by atoms with Crippen LogP contribution in [-0.2, 0) is 0 Å². The van der Waals surface area contributed by atoms with Crippen LogP contribution in [0.15, 0.2) is 30.3 Å². The van der Waals surface area contributed by atoms with Crippen molar-refractivity contribution in [3.63, 3.8) is 0 Å². The largest absolute Gasteiger partial charge is 0.338 e. The number of nitrogens with zero attached hydrogens (tertiary/aromatic N) is 1. The highest BCUT2D eigenvalue weighted by atomic mass is 16.2. The highest BCUT2D eigenvalue weighted by Crippen LogP contribution is 2.14. The molecule has 1 aromatic rings. The number of carbonyl (C=O) groups excluding carboxylic acids is 2. The first kappa shape index (κ1) is 16.3. The van der Waals surface area contributed by atoms with Gasteiger partial charge < -0.3 is 15.5 Å². The van der Waals surface area contributed by atoms with Crippen LogP contribution in [0.25, 0.3) is 0 Å². The van der Waals surface area contributed by atoms with Crippen LogP contribution in [-0.4, -0.2) is 41.5 Å². The average Bonchev–Trinajstić information content (AvgIpc) is 2.46. The van der Waals surface area contributed by atoms with E-state index in [0.29, 0.717) is 13.1 Å². The number of hydrogen-bond acceptors (Lipinski definition) is 2. The molecule has 0 unspecified atom stereocenters. The maximum absolute atomic E-state index is 12.3. The van der Waals surface area contributed by atoms with Gasteiger partial charge in [0.1, 0.15) is 0 Å². The topological polar surface area (TPSA) is 61.4 Å². The van der Waals surface area contributed by atoms with E-state index in [1.807, 2.05) is 56.0 Å². The Kier molecular flexibility index (Phi) is 5.06. The van der Waals surface area contributed by atoms with Crippen LogP contribution in [0.4, 0.5) is 4.79 Å². The zero-order valence-corrected chi connectivity index (χ0v) is 13.6. The van der Waals surface area contributed by atoms with Crippen molar-refractivity contribution < 1.29 is 9.59 Å². The molecule has 3 amide bonds. The monoisotopic (exact) mass is 303 g/mol. The van der Waals surface area contributed by atoms with Gasteiger partial charge in [0.15, 0.2) is 0 Å². The average molecular weight is 303 g/mol. The summed E-state index contributed by atoms with van der Waals surface area (Å²) in [6.45, 7) is 7.21. The Morgan fingerprint density at radius 3 is 2.23 bits per heavy atom. The summed E-state index contributed by atoms with van der Waals surface area (Å²) in [6, 6.07) is 9.31. The smallest absolute Gasteiger partial charge is 0.315 e. The zero-order chi connectivity index (χ0) is 16.2. The van der Waals surface area contributed by atoms with Crippen LogP contribution in [0.1, 0.15) is 44.0 Å². The first-order valence-corrected chi connectivity index (χ1v) is 7.78. The van der Waals surface area contributed by atoms with Crippen molar-refractivity contribution in [2.45, 2.75) is 45.2 Å². The maximum Gasteiger partial charge on any atom is 0.315 e. The van der Waals surface area contributed by atoms with Crippen molar-refractivity contribution in [3.05, 3.63) is 35.9 Å². The summed E-state index contributed by atoms with van der Waals surface area (Å²) in [6.07, 6.45) is 1.58. The maximum atomic E-state index is 12.3. The standard InChI is InChI=1S/C17H25N3O2/c1-17(2,3)19-16(22)18-14-9-11-20(12-10-14)15(21)13-7-5-4-6-8-13/h4-8,14H,9-12H2,1-3H3,(H2,18,19,22). The third kappa shape index (κ3) is 4.76. The summed E-state index contributed by atoms with van der Waals surface area (Å²) in [5.41, 5.74) is 0.480. The molecule has 120 valence electrons. The summed E-state index contributed by atoms with van der Waals surface area (Å²) in [5.74, 6) is 0.0678. The lowest BCUT2D eigenvalue weighted by molar-refractivity contribution is 0.0708. The molecule has 1 aliphatic rings. The third-order valence-corrected chi connectivity index (χ3v) is 3.63. The van der Waals surface area contributed by atoms with Gasteiger partial charge in [-0.3, -0.25) is 4.79 Å². The van der Waals surface area contributed by atoms with E-state index < -0.39 is 0 Å². The number of piperidine rings is 1. The van der Waals surface area contributed by atoms with Gasteiger partial charge in [-0.15, -0.1) is 0 Å². The normalized spacial score (nSPS) is 16.2. The molecule has 2 rings (SSSR count). The van der Waals surface area contributed by atoms with Crippen molar-refractivity contribution in [2.75, 3.05) is 13.1 Å². The summed E-state index contributed by atoms with van der Waals surface area (Å²) in [5, 5.41) is 5.88. The van der Waals surface area contributed by atoms with Gasteiger partial charge in [0.05, 0.1) is 0 Å². The minimum absolute atomic E-state index is 0.0678. The summed E-state index contributed by atoms with van der Waals surface area (Å²) < 4.78 is 0. The minimum Gasteiger partial charge on any atom is -0.338 e. The fraction of sp³-hybridized carbons (Fsp3) is 0.529. The van der Waals surface area contributed by atoms with Crippen LogP contribution in [0.5, 0.6) is 0 Å². The molecule has 0 bridgehead atoms. The van der Waals surface area contributed by atoms with Gasteiger partial charge in [0.2, 0.25) is 0 Å². The summed E-state index contributed by atoms with van der Waals surface area (Å²) >= 11 is 0. The van der Waals surface area contributed by atoms with Gasteiger partial charge in [-0.05, 0) is 45.7 Å². The Bertz CT molecular complexity index is 514. The molecule has 0 aliphatic carbocycles. The van der Waals surface area contributed by atoms with Gasteiger partial charge in [-0.2, -0.15) is 0 Å². The van der Waals surface area contributed by atoms with Crippen molar-refractivity contribution in [1.29, 1.82) is 0 Å². The molecular weight excluding hydrogens is 278 g/mol. The van der Waals surface area contributed by atoms with Crippen LogP contribution >= 0.6 is 0 Å². The molecule has 1 heterocycles. The van der Waals surface area contributed by atoms with Crippen molar-refractivity contribution in [1.82, 2.24) is 15.5 Å². The third-order valence-electron chi connectivity index (χ3n) is 3.63. The lowest BCUT2D eigenvalue weighted by Gasteiger charge is -2.33. The van der Waals surface area contributed by atoms with Crippen molar-refractivity contribution in [2.24, 2.45) is 0 Å². The lowest BCUT2D eigenvalue weighted by Crippen LogP contribution is -2.52. The second-order valence-electron chi connectivity index (χ2n) is 6.78. The van der Waals surface area contributed by atoms with Crippen molar-refractivity contribution >= 4 is 11.9 Å². The Morgan fingerprint density at radius 2 is 1.68 bits per heavy atom. The highest BCUT2D eigenvalue weighted by molar-refractivity contribution is 5.94. The molecule has 1 saturated heterocycles. The van der Waals surface area contributed by atoms with E-state index >= 15 is 0 Å². The van der Waals surface area contributed by atoms with E-state index in [9.17, 15) is 9.59 Å². The van der Waals surface area contributed by atoms with E-state index in [1.165, 1.54) is 0 Å². The molecule has 0 atom stereocenters. The molecule has 0 radical (unpaired) electrons. The first-order valence-electron chi connectivity index (χ1n) is 7.78. The minimum atomic E-state index is -0.242. The molecule has 1 aliphatic heterocycles. The Morgan fingerprint density at radius 1 is 1.09 bits per heavy atom. The van der Waals surface area contributed by atoms with Crippen LogP contribution in [0.2, 0.25) is 0 Å². The second-order valence-corrected chi connectivity index (χ2v) is 6.78. The number of amides is 3. The van der Waals surface area contributed by atoms with Crippen LogP contribution in [0.3, 0.4) is 0 Å². The lowest BCUT2D eigenvalue weighted by atomic mass is 10.0. The molecule has 0 aromatic heterocycles. The fourth-order valence-corrected chi connectivity index (χ4v) is 2.55. The predicted octanol–water partition coefficient (Wildman–Crippen LogP) is 2.39. The predicted molar refractivity (Wildman–Crippen MR) is 86.8 cm³/mol. The number of carbonyl (C=O) groups is 2. The van der Waals surface area contributed by atoms with Crippen molar-refractivity contribution in [3.8, 4) is 0 Å². The van der Waals surface area contributed by atoms with E-state index in [-0.39, 0.29) is 23.5 Å². The number of nitrogens with one attached hydrogen (secondary N) is 2. The molecule has 0 spiro atoms.